The lowest BCUT2D eigenvalue weighted by molar-refractivity contribution is 0.425. The molecule has 8 heteroatoms. The van der Waals surface area contributed by atoms with Crippen LogP contribution in [0.5, 0.6) is 0 Å². The third kappa shape index (κ3) is 2.75. The third-order valence-electron chi connectivity index (χ3n) is 2.17. The fraction of sp³-hybridized carbons (Fsp3) is 0.444. The van der Waals surface area contributed by atoms with E-state index in [1.54, 1.807) is 0 Å². The number of fused-ring (bicyclic) bond motifs is 1. The Balaban J connectivity index is 2.21. The summed E-state index contributed by atoms with van der Waals surface area (Å²) in [5.41, 5.74) is 0.409. The molecule has 2 rings (SSSR count). The van der Waals surface area contributed by atoms with Crippen LogP contribution in [-0.2, 0) is 0 Å². The van der Waals surface area contributed by atoms with Crippen LogP contribution in [0.3, 0.4) is 0 Å². The van der Waals surface area contributed by atoms with Crippen LogP contribution in [0, 0.1) is 0 Å². The van der Waals surface area contributed by atoms with Gasteiger partial charge in [0.25, 0.3) is 0 Å². The minimum Gasteiger partial charge on any atom is -0.366 e. The summed E-state index contributed by atoms with van der Waals surface area (Å²) in [5, 5.41) is 3.30. The molecule has 0 unspecified atom stereocenters. The lowest BCUT2D eigenvalue weighted by atomic mass is 10.5. The first-order chi connectivity index (χ1) is 8.06. The Kier molecular flexibility index (Phi) is 3.30. The maximum Gasteiger partial charge on any atom is 0.326 e. The minimum absolute atomic E-state index is 0.242. The first-order valence-corrected chi connectivity index (χ1v) is 5.48. The Labute approximate surface area is 102 Å². The molecule has 0 bridgehead atoms. The number of aromatic amines is 2. The molecule has 0 fully saturated rings. The minimum atomic E-state index is -0.346. The van der Waals surface area contributed by atoms with Crippen molar-refractivity contribution in [2.45, 2.75) is 0 Å². The molecule has 2 aromatic heterocycles. The maximum atomic E-state index is 11.1. The number of halogens is 1. The van der Waals surface area contributed by atoms with Gasteiger partial charge in [0.1, 0.15) is 0 Å². The van der Waals surface area contributed by atoms with E-state index < -0.39 is 0 Å². The van der Waals surface area contributed by atoms with Crippen molar-refractivity contribution in [2.75, 3.05) is 32.5 Å². The summed E-state index contributed by atoms with van der Waals surface area (Å²) in [6.45, 7) is 1.54. The normalized spacial score (nSPS) is 11.3. The number of nitrogens with one attached hydrogen (secondary N) is 3. The van der Waals surface area contributed by atoms with E-state index in [0.29, 0.717) is 23.7 Å². The second kappa shape index (κ2) is 4.72. The van der Waals surface area contributed by atoms with Crippen molar-refractivity contribution in [1.29, 1.82) is 0 Å². The van der Waals surface area contributed by atoms with Crippen molar-refractivity contribution in [2.24, 2.45) is 0 Å². The summed E-state index contributed by atoms with van der Waals surface area (Å²) in [4.78, 5) is 26.3. The van der Waals surface area contributed by atoms with Gasteiger partial charge >= 0.3 is 5.69 Å². The van der Waals surface area contributed by atoms with Gasteiger partial charge in [-0.3, -0.25) is 9.97 Å². The van der Waals surface area contributed by atoms with Gasteiger partial charge < -0.3 is 10.2 Å². The summed E-state index contributed by atoms with van der Waals surface area (Å²) in [7, 11) is 3.95. The molecule has 0 aromatic carbocycles. The molecule has 0 saturated heterocycles. The molecular formula is C9H13ClN6O. The van der Waals surface area contributed by atoms with Gasteiger partial charge in [-0.05, 0) is 14.1 Å². The molecule has 0 amide bonds. The second-order valence-electron chi connectivity index (χ2n) is 3.87. The van der Waals surface area contributed by atoms with Crippen LogP contribution >= 0.6 is 11.6 Å². The van der Waals surface area contributed by atoms with Crippen LogP contribution in [-0.4, -0.2) is 52.0 Å². The van der Waals surface area contributed by atoms with E-state index in [2.05, 4.69) is 25.3 Å². The molecule has 3 N–H and O–H groups in total. The van der Waals surface area contributed by atoms with E-state index in [1.165, 1.54) is 0 Å². The predicted octanol–water partition coefficient (Wildman–Crippen LogP) is 0.273. The smallest absolute Gasteiger partial charge is 0.326 e. The molecule has 0 radical (unpaired) electrons. The average molecular weight is 257 g/mol. The number of nitrogens with zero attached hydrogens (tertiary/aromatic N) is 3. The Morgan fingerprint density at radius 2 is 1.94 bits per heavy atom. The fourth-order valence-electron chi connectivity index (χ4n) is 1.35. The molecule has 17 heavy (non-hydrogen) atoms. The van der Waals surface area contributed by atoms with E-state index in [0.717, 1.165) is 6.54 Å². The molecular weight excluding hydrogens is 244 g/mol. The lowest BCUT2D eigenvalue weighted by Gasteiger charge is -2.11. The van der Waals surface area contributed by atoms with Crippen molar-refractivity contribution >= 4 is 28.7 Å². The lowest BCUT2D eigenvalue weighted by Crippen LogP contribution is -2.21. The van der Waals surface area contributed by atoms with E-state index in [-0.39, 0.29) is 10.8 Å². The van der Waals surface area contributed by atoms with Gasteiger partial charge in [-0.15, -0.1) is 0 Å². The quantitative estimate of drug-likeness (QED) is 0.731. The summed E-state index contributed by atoms with van der Waals surface area (Å²) < 4.78 is 0. The largest absolute Gasteiger partial charge is 0.366 e. The highest BCUT2D eigenvalue weighted by Crippen LogP contribution is 2.17. The molecule has 0 aliphatic heterocycles. The topological polar surface area (TPSA) is 89.7 Å². The first kappa shape index (κ1) is 11.9. The number of hydrogen-bond acceptors (Lipinski definition) is 5. The third-order valence-corrected chi connectivity index (χ3v) is 2.43. The van der Waals surface area contributed by atoms with E-state index in [1.807, 2.05) is 19.0 Å². The van der Waals surface area contributed by atoms with Crippen LogP contribution < -0.4 is 11.0 Å². The van der Waals surface area contributed by atoms with Gasteiger partial charge in [-0.2, -0.15) is 0 Å². The monoisotopic (exact) mass is 256 g/mol. The van der Waals surface area contributed by atoms with Gasteiger partial charge in [0.05, 0.1) is 0 Å². The van der Waals surface area contributed by atoms with Crippen LogP contribution in [0.25, 0.3) is 11.3 Å². The Bertz CT molecular complexity index is 574. The standard InChI is InChI=1S/C9H13ClN6O/c1-16(2)4-3-11-6-5(10)12-7-8(13-6)15-9(17)14-7/h3-4H2,1-2H3,(H3,11,12,13,14,15,17). The molecule has 92 valence electrons. The Morgan fingerprint density at radius 3 is 2.59 bits per heavy atom. The highest BCUT2D eigenvalue weighted by Gasteiger charge is 2.08. The Hall–Kier alpha value is -1.60. The molecule has 0 aliphatic carbocycles. The summed E-state index contributed by atoms with van der Waals surface area (Å²) in [5.74, 6) is 0.469. The van der Waals surface area contributed by atoms with Crippen LogP contribution in [0.2, 0.25) is 5.15 Å². The van der Waals surface area contributed by atoms with Gasteiger partial charge in [0.2, 0.25) is 0 Å². The van der Waals surface area contributed by atoms with Crippen molar-refractivity contribution in [3.63, 3.8) is 0 Å². The zero-order chi connectivity index (χ0) is 12.4. The Morgan fingerprint density at radius 1 is 1.29 bits per heavy atom. The number of aromatic nitrogens is 4. The summed E-state index contributed by atoms with van der Waals surface area (Å²) >= 11 is 5.94. The number of imidazole rings is 1. The van der Waals surface area contributed by atoms with Gasteiger partial charge in [-0.1, -0.05) is 11.6 Å². The van der Waals surface area contributed by atoms with Crippen molar-refractivity contribution < 1.29 is 0 Å². The number of anilines is 1. The predicted molar refractivity (Wildman–Crippen MR) is 66.6 cm³/mol. The number of likely N-dealkylation sites (N-methyl/N-ethyl adjacent to an activating group) is 1. The highest BCUT2D eigenvalue weighted by atomic mass is 35.5. The van der Waals surface area contributed by atoms with Crippen LogP contribution in [0.1, 0.15) is 0 Å². The molecule has 0 aliphatic rings. The molecule has 0 spiro atoms. The average Bonchev–Trinajstić information content (AvgIpc) is 2.57. The van der Waals surface area contributed by atoms with Crippen molar-refractivity contribution in [1.82, 2.24) is 24.8 Å². The molecule has 2 aromatic rings. The first-order valence-electron chi connectivity index (χ1n) is 5.10. The number of rotatable bonds is 4. The van der Waals surface area contributed by atoms with E-state index in [9.17, 15) is 4.79 Å². The number of H-pyrrole nitrogens is 2. The highest BCUT2D eigenvalue weighted by molar-refractivity contribution is 6.32. The molecule has 7 nitrogen and oxygen atoms in total. The van der Waals surface area contributed by atoms with E-state index in [4.69, 9.17) is 11.6 Å². The molecule has 0 atom stereocenters. The maximum absolute atomic E-state index is 11.1. The van der Waals surface area contributed by atoms with Crippen LogP contribution in [0.15, 0.2) is 4.79 Å². The molecule has 0 saturated carbocycles. The SMILES string of the molecule is CN(C)CCNc1nc2[nH]c(=O)[nH]c2nc1Cl. The number of hydrogen-bond donors (Lipinski definition) is 3. The zero-order valence-electron chi connectivity index (χ0n) is 9.54. The van der Waals surface area contributed by atoms with E-state index >= 15 is 0 Å². The molecule has 2 heterocycles. The van der Waals surface area contributed by atoms with Crippen molar-refractivity contribution in [3.8, 4) is 0 Å². The summed E-state index contributed by atoms with van der Waals surface area (Å²) in [6.07, 6.45) is 0. The fourth-order valence-corrected chi connectivity index (χ4v) is 1.54. The van der Waals surface area contributed by atoms with Gasteiger partial charge in [-0.25, -0.2) is 14.8 Å². The zero-order valence-corrected chi connectivity index (χ0v) is 10.3. The van der Waals surface area contributed by atoms with Gasteiger partial charge in [0, 0.05) is 13.1 Å². The second-order valence-corrected chi connectivity index (χ2v) is 4.23. The van der Waals surface area contributed by atoms with Crippen LogP contribution in [0.4, 0.5) is 5.82 Å². The summed E-state index contributed by atoms with van der Waals surface area (Å²) in [6, 6.07) is 0. The van der Waals surface area contributed by atoms with Crippen molar-refractivity contribution in [3.05, 3.63) is 15.6 Å². The van der Waals surface area contributed by atoms with Gasteiger partial charge in [0.15, 0.2) is 22.3 Å².